The second kappa shape index (κ2) is 8.62. The highest BCUT2D eigenvalue weighted by Crippen LogP contribution is 2.30. The molecule has 1 heterocycles. The molecule has 1 unspecified atom stereocenters. The topological polar surface area (TPSA) is 45.2 Å². The molecule has 1 aliphatic rings. The zero-order valence-electron chi connectivity index (χ0n) is 15.2. The molecule has 26 heavy (non-hydrogen) atoms. The molecule has 1 atom stereocenters. The number of piperazine rings is 1. The van der Waals surface area contributed by atoms with Crippen LogP contribution in [0.1, 0.15) is 11.7 Å². The lowest BCUT2D eigenvalue weighted by Crippen LogP contribution is -2.47. The fraction of sp³-hybridized carbons (Fsp3) is 0.400. The quantitative estimate of drug-likeness (QED) is 0.838. The third-order valence-electron chi connectivity index (χ3n) is 4.77. The number of β-amino-alcohol motifs (C(OH)–C–C–N with tert-alkyl or cyclic N) is 1. The van der Waals surface area contributed by atoms with Gasteiger partial charge in [-0.1, -0.05) is 23.7 Å². The molecule has 0 aromatic heterocycles. The molecule has 2 aromatic carbocycles. The standard InChI is InChI=1S/C20H25ClN2O3/c1-25-19-7-6-15(12-20(19)26-2)18(24)14-22-8-10-23(11-9-22)17-5-3-4-16(21)13-17/h3-7,12-13,18,24H,8-11,14H2,1-2H3. The first-order valence-electron chi connectivity index (χ1n) is 8.73. The van der Waals surface area contributed by atoms with Crippen LogP contribution in [-0.4, -0.2) is 56.9 Å². The number of aliphatic hydroxyl groups is 1. The Morgan fingerprint density at radius 1 is 1.00 bits per heavy atom. The zero-order valence-corrected chi connectivity index (χ0v) is 15.9. The predicted octanol–water partition coefficient (Wildman–Crippen LogP) is 3.21. The highest BCUT2D eigenvalue weighted by molar-refractivity contribution is 6.30. The van der Waals surface area contributed by atoms with E-state index >= 15 is 0 Å². The first-order valence-corrected chi connectivity index (χ1v) is 9.11. The smallest absolute Gasteiger partial charge is 0.161 e. The first-order chi connectivity index (χ1) is 12.6. The Kier molecular flexibility index (Phi) is 6.25. The van der Waals surface area contributed by atoms with Crippen molar-refractivity contribution in [2.24, 2.45) is 0 Å². The summed E-state index contributed by atoms with van der Waals surface area (Å²) >= 11 is 6.09. The molecule has 6 heteroatoms. The van der Waals surface area contributed by atoms with Gasteiger partial charge in [-0.05, 0) is 35.9 Å². The van der Waals surface area contributed by atoms with Gasteiger partial charge in [-0.3, -0.25) is 4.90 Å². The lowest BCUT2D eigenvalue weighted by molar-refractivity contribution is 0.109. The number of hydrogen-bond donors (Lipinski definition) is 1. The van der Waals surface area contributed by atoms with Crippen LogP contribution in [0.15, 0.2) is 42.5 Å². The lowest BCUT2D eigenvalue weighted by Gasteiger charge is -2.37. The van der Waals surface area contributed by atoms with Crippen LogP contribution in [0, 0.1) is 0 Å². The van der Waals surface area contributed by atoms with Crippen molar-refractivity contribution in [2.75, 3.05) is 51.8 Å². The Morgan fingerprint density at radius 3 is 2.38 bits per heavy atom. The van der Waals surface area contributed by atoms with Gasteiger partial charge in [-0.25, -0.2) is 0 Å². The second-order valence-electron chi connectivity index (χ2n) is 6.40. The summed E-state index contributed by atoms with van der Waals surface area (Å²) in [5, 5.41) is 11.4. The van der Waals surface area contributed by atoms with E-state index in [-0.39, 0.29) is 0 Å². The van der Waals surface area contributed by atoms with Gasteiger partial charge in [0.1, 0.15) is 0 Å². The van der Waals surface area contributed by atoms with Gasteiger partial charge in [-0.15, -0.1) is 0 Å². The van der Waals surface area contributed by atoms with Crippen LogP contribution >= 0.6 is 11.6 Å². The van der Waals surface area contributed by atoms with Gasteiger partial charge in [-0.2, -0.15) is 0 Å². The molecule has 140 valence electrons. The molecule has 1 N–H and O–H groups in total. The normalized spacial score (nSPS) is 16.4. The molecule has 1 aliphatic heterocycles. The molecule has 1 fully saturated rings. The average molecular weight is 377 g/mol. The van der Waals surface area contributed by atoms with E-state index < -0.39 is 6.10 Å². The van der Waals surface area contributed by atoms with Gasteiger partial charge < -0.3 is 19.5 Å². The van der Waals surface area contributed by atoms with Crippen molar-refractivity contribution in [2.45, 2.75) is 6.10 Å². The van der Waals surface area contributed by atoms with Crippen LogP contribution in [0.4, 0.5) is 5.69 Å². The highest BCUT2D eigenvalue weighted by Gasteiger charge is 2.21. The maximum absolute atomic E-state index is 10.6. The Hall–Kier alpha value is -1.95. The van der Waals surface area contributed by atoms with E-state index in [9.17, 15) is 5.11 Å². The average Bonchev–Trinajstić information content (AvgIpc) is 2.68. The first kappa shape index (κ1) is 18.8. The van der Waals surface area contributed by atoms with Crippen LogP contribution in [0.25, 0.3) is 0 Å². The van der Waals surface area contributed by atoms with E-state index in [4.69, 9.17) is 21.1 Å². The number of nitrogens with zero attached hydrogens (tertiary/aromatic N) is 2. The summed E-state index contributed by atoms with van der Waals surface area (Å²) in [6.45, 7) is 4.23. The summed E-state index contributed by atoms with van der Waals surface area (Å²) in [4.78, 5) is 4.60. The Bertz CT molecular complexity index is 733. The Morgan fingerprint density at radius 2 is 1.73 bits per heavy atom. The fourth-order valence-electron chi connectivity index (χ4n) is 3.27. The molecular formula is C20H25ClN2O3. The van der Waals surface area contributed by atoms with Crippen LogP contribution in [0.3, 0.4) is 0 Å². The van der Waals surface area contributed by atoms with Crippen LogP contribution < -0.4 is 14.4 Å². The minimum atomic E-state index is -0.562. The molecule has 0 spiro atoms. The number of aliphatic hydroxyl groups excluding tert-OH is 1. The Labute approximate surface area is 159 Å². The maximum atomic E-state index is 10.6. The van der Waals surface area contributed by atoms with Gasteiger partial charge in [0.05, 0.1) is 20.3 Å². The number of halogens is 1. The Balaban J connectivity index is 1.57. The second-order valence-corrected chi connectivity index (χ2v) is 6.83. The van der Waals surface area contributed by atoms with Gasteiger partial charge in [0.15, 0.2) is 11.5 Å². The molecule has 0 aliphatic carbocycles. The van der Waals surface area contributed by atoms with Crippen molar-refractivity contribution in [3.63, 3.8) is 0 Å². The van der Waals surface area contributed by atoms with Gasteiger partial charge in [0.2, 0.25) is 0 Å². The molecule has 1 saturated heterocycles. The summed E-state index contributed by atoms with van der Waals surface area (Å²) in [6.07, 6.45) is -0.562. The van der Waals surface area contributed by atoms with Crippen molar-refractivity contribution in [3.05, 3.63) is 53.1 Å². The monoisotopic (exact) mass is 376 g/mol. The molecule has 5 nitrogen and oxygen atoms in total. The van der Waals surface area contributed by atoms with Crippen molar-refractivity contribution in [1.29, 1.82) is 0 Å². The third-order valence-corrected chi connectivity index (χ3v) is 5.00. The number of methoxy groups -OCH3 is 2. The van der Waals surface area contributed by atoms with Crippen LogP contribution in [-0.2, 0) is 0 Å². The molecule has 0 saturated carbocycles. The SMILES string of the molecule is COc1ccc(C(O)CN2CCN(c3cccc(Cl)c3)CC2)cc1OC. The number of ether oxygens (including phenoxy) is 2. The van der Waals surface area contributed by atoms with E-state index in [1.807, 2.05) is 36.4 Å². The summed E-state index contributed by atoms with van der Waals surface area (Å²) < 4.78 is 10.6. The van der Waals surface area contributed by atoms with Gasteiger partial charge in [0.25, 0.3) is 0 Å². The third kappa shape index (κ3) is 4.41. The summed E-state index contributed by atoms with van der Waals surface area (Å²) in [6, 6.07) is 13.5. The number of rotatable bonds is 6. The predicted molar refractivity (Wildman–Crippen MR) is 105 cm³/mol. The number of benzene rings is 2. The molecule has 2 aromatic rings. The van der Waals surface area contributed by atoms with Crippen molar-refractivity contribution < 1.29 is 14.6 Å². The van der Waals surface area contributed by atoms with Crippen LogP contribution in [0.5, 0.6) is 11.5 Å². The summed E-state index contributed by atoms with van der Waals surface area (Å²) in [7, 11) is 3.20. The van der Waals surface area contributed by atoms with Crippen molar-refractivity contribution >= 4 is 17.3 Å². The van der Waals surface area contributed by atoms with Crippen molar-refractivity contribution in [1.82, 2.24) is 4.90 Å². The van der Waals surface area contributed by atoms with Crippen molar-refractivity contribution in [3.8, 4) is 11.5 Å². The largest absolute Gasteiger partial charge is 0.493 e. The molecule has 0 radical (unpaired) electrons. The highest BCUT2D eigenvalue weighted by atomic mass is 35.5. The van der Waals surface area contributed by atoms with Gasteiger partial charge >= 0.3 is 0 Å². The molecule has 0 amide bonds. The lowest BCUT2D eigenvalue weighted by atomic mass is 10.1. The van der Waals surface area contributed by atoms with E-state index in [1.54, 1.807) is 14.2 Å². The minimum absolute atomic E-state index is 0.562. The van der Waals surface area contributed by atoms with E-state index in [0.717, 1.165) is 42.5 Å². The molecule has 0 bridgehead atoms. The molecule has 3 rings (SSSR count). The summed E-state index contributed by atoms with van der Waals surface area (Å²) in [5.41, 5.74) is 1.98. The fourth-order valence-corrected chi connectivity index (χ4v) is 3.46. The zero-order chi connectivity index (χ0) is 18.5. The van der Waals surface area contributed by atoms with E-state index in [0.29, 0.717) is 18.0 Å². The van der Waals surface area contributed by atoms with Gasteiger partial charge in [0, 0.05) is 43.4 Å². The minimum Gasteiger partial charge on any atom is -0.493 e. The summed E-state index contributed by atoms with van der Waals surface area (Å²) in [5.74, 6) is 1.30. The van der Waals surface area contributed by atoms with E-state index in [2.05, 4.69) is 15.9 Å². The number of anilines is 1. The molecular weight excluding hydrogens is 352 g/mol. The number of hydrogen-bond acceptors (Lipinski definition) is 5. The van der Waals surface area contributed by atoms with E-state index in [1.165, 1.54) is 0 Å². The van der Waals surface area contributed by atoms with Crippen LogP contribution in [0.2, 0.25) is 5.02 Å². The maximum Gasteiger partial charge on any atom is 0.161 e.